The van der Waals surface area contributed by atoms with E-state index in [4.69, 9.17) is 0 Å². The molecule has 1 nitrogen and oxygen atoms in total. The summed E-state index contributed by atoms with van der Waals surface area (Å²) >= 11 is 1.78. The topological polar surface area (TPSA) is 12.0 Å². The zero-order valence-corrected chi connectivity index (χ0v) is 16.1. The highest BCUT2D eigenvalue weighted by Gasteiger charge is 2.15. The maximum Gasteiger partial charge on any atom is 0.107 e. The lowest BCUT2D eigenvalue weighted by Crippen LogP contribution is -2.04. The quantitative estimate of drug-likeness (QED) is 0.590. The van der Waals surface area contributed by atoms with Gasteiger partial charge in [0.2, 0.25) is 0 Å². The highest BCUT2D eigenvalue weighted by atomic mass is 32.2. The molecule has 1 unspecified atom stereocenters. The van der Waals surface area contributed by atoms with Gasteiger partial charge in [0.05, 0.1) is 0 Å². The van der Waals surface area contributed by atoms with E-state index in [0.717, 1.165) is 12.1 Å². The van der Waals surface area contributed by atoms with Crippen molar-refractivity contribution in [3.63, 3.8) is 0 Å². The van der Waals surface area contributed by atoms with E-state index in [-0.39, 0.29) is 6.67 Å². The minimum atomic E-state index is -0.343. The van der Waals surface area contributed by atoms with Crippen LogP contribution >= 0.6 is 11.8 Å². The Labute approximate surface area is 151 Å². The Morgan fingerprint density at radius 2 is 1.92 bits per heavy atom. The monoisotopic (exact) mass is 347 g/mol. The summed E-state index contributed by atoms with van der Waals surface area (Å²) in [4.78, 5) is 1.35. The highest BCUT2D eigenvalue weighted by Crippen LogP contribution is 2.36. The second-order valence-electron chi connectivity index (χ2n) is 5.85. The number of anilines is 1. The molecule has 0 bridgehead atoms. The summed E-state index contributed by atoms with van der Waals surface area (Å²) in [7, 11) is 0. The van der Waals surface area contributed by atoms with Crippen molar-refractivity contribution in [2.24, 2.45) is 0 Å². The first-order chi connectivity index (χ1) is 11.7. The van der Waals surface area contributed by atoms with Crippen molar-refractivity contribution in [2.45, 2.75) is 46.5 Å². The summed E-state index contributed by atoms with van der Waals surface area (Å²) in [6, 6.07) is 8.32. The molecule has 0 amide bonds. The van der Waals surface area contributed by atoms with Crippen LogP contribution in [0.4, 0.5) is 10.1 Å². The molecule has 0 aromatic heterocycles. The van der Waals surface area contributed by atoms with E-state index < -0.39 is 0 Å². The number of rotatable bonds is 6. The number of thioether (sulfide) groups is 1. The molecule has 0 saturated carbocycles. The van der Waals surface area contributed by atoms with Crippen LogP contribution in [0, 0.1) is 0 Å². The zero-order valence-electron chi connectivity index (χ0n) is 15.3. The van der Waals surface area contributed by atoms with Crippen molar-refractivity contribution in [1.29, 1.82) is 0 Å². The summed E-state index contributed by atoms with van der Waals surface area (Å²) in [6.45, 7) is 8.52. The lowest BCUT2D eigenvalue weighted by Gasteiger charge is -2.20. The lowest BCUT2D eigenvalue weighted by molar-refractivity contribution is 0.513. The molecule has 132 valence electrons. The zero-order chi connectivity index (χ0) is 17.8. The minimum Gasteiger partial charge on any atom is -0.382 e. The standard InChI is InChI=1S/C18H22FNS.C3H8/c1-3-12-21-18-9-6-16(13-14(18)2)15-4-7-17(8-5-15)20-11-10-19;1-3-2/h3-9,12,16,20H,10-11,13H2,1-2H3;3H2,1-2H3/b12-3+;. The van der Waals surface area contributed by atoms with Crippen LogP contribution in [-0.2, 0) is 0 Å². The average Bonchev–Trinajstić information content (AvgIpc) is 2.60. The molecular weight excluding hydrogens is 317 g/mol. The molecule has 1 aromatic rings. The van der Waals surface area contributed by atoms with E-state index in [0.29, 0.717) is 12.5 Å². The molecule has 0 heterocycles. The van der Waals surface area contributed by atoms with Gasteiger partial charge in [-0.1, -0.05) is 68.0 Å². The Morgan fingerprint density at radius 3 is 2.46 bits per heavy atom. The average molecular weight is 348 g/mol. The van der Waals surface area contributed by atoms with Crippen LogP contribution in [0.5, 0.6) is 0 Å². The van der Waals surface area contributed by atoms with E-state index in [2.05, 4.69) is 61.9 Å². The van der Waals surface area contributed by atoms with Gasteiger partial charge < -0.3 is 5.32 Å². The Hall–Kier alpha value is -1.48. The number of halogens is 1. The van der Waals surface area contributed by atoms with E-state index in [1.165, 1.54) is 22.5 Å². The predicted molar refractivity (Wildman–Crippen MR) is 108 cm³/mol. The molecular formula is C21H30FNS. The molecule has 2 rings (SSSR count). The summed E-state index contributed by atoms with van der Waals surface area (Å²) < 4.78 is 12.1. The third kappa shape index (κ3) is 6.96. The Kier molecular flexibility index (Phi) is 10.3. The molecule has 24 heavy (non-hydrogen) atoms. The first-order valence-corrected chi connectivity index (χ1v) is 9.59. The first-order valence-electron chi connectivity index (χ1n) is 8.71. The SMILES string of the molecule is C/C=C/SC1=C(C)CC(c2ccc(NCCF)cc2)C=C1.CCC. The third-order valence-electron chi connectivity index (χ3n) is 3.52. The van der Waals surface area contributed by atoms with Crippen molar-refractivity contribution in [2.75, 3.05) is 18.5 Å². The van der Waals surface area contributed by atoms with Gasteiger partial charge in [-0.15, -0.1) is 0 Å². The van der Waals surface area contributed by atoms with Crippen LogP contribution in [0.1, 0.15) is 52.0 Å². The summed E-state index contributed by atoms with van der Waals surface area (Å²) in [5.41, 5.74) is 3.73. The fourth-order valence-corrected chi connectivity index (χ4v) is 3.12. The smallest absolute Gasteiger partial charge is 0.107 e. The van der Waals surface area contributed by atoms with Crippen LogP contribution in [0.3, 0.4) is 0 Å². The molecule has 0 radical (unpaired) electrons. The molecule has 3 heteroatoms. The van der Waals surface area contributed by atoms with Crippen molar-refractivity contribution >= 4 is 17.4 Å². The molecule has 1 atom stereocenters. The van der Waals surface area contributed by atoms with Crippen LogP contribution in [0.25, 0.3) is 0 Å². The van der Waals surface area contributed by atoms with Gasteiger partial charge in [0.25, 0.3) is 0 Å². The summed E-state index contributed by atoms with van der Waals surface area (Å²) in [5.74, 6) is 0.440. The third-order valence-corrected chi connectivity index (χ3v) is 4.67. The largest absolute Gasteiger partial charge is 0.382 e. The van der Waals surface area contributed by atoms with Crippen LogP contribution in [0.2, 0.25) is 0 Å². The number of allylic oxidation sites excluding steroid dienone is 4. The van der Waals surface area contributed by atoms with Crippen molar-refractivity contribution in [1.82, 2.24) is 0 Å². The molecule has 0 fully saturated rings. The molecule has 1 aromatic carbocycles. The van der Waals surface area contributed by atoms with E-state index in [1.54, 1.807) is 11.8 Å². The minimum absolute atomic E-state index is 0.343. The highest BCUT2D eigenvalue weighted by molar-refractivity contribution is 8.06. The number of benzene rings is 1. The normalized spacial score (nSPS) is 17.0. The van der Waals surface area contributed by atoms with Gasteiger partial charge in [-0.25, -0.2) is 4.39 Å². The maximum absolute atomic E-state index is 12.1. The number of alkyl halides is 1. The molecule has 1 N–H and O–H groups in total. The second-order valence-corrected chi connectivity index (χ2v) is 6.79. The Balaban J connectivity index is 0.000000891. The van der Waals surface area contributed by atoms with E-state index in [1.807, 2.05) is 19.1 Å². The molecule has 0 spiro atoms. The van der Waals surface area contributed by atoms with E-state index in [9.17, 15) is 4.39 Å². The van der Waals surface area contributed by atoms with Gasteiger partial charge in [0.1, 0.15) is 6.67 Å². The summed E-state index contributed by atoms with van der Waals surface area (Å²) in [6.07, 6.45) is 8.88. The number of nitrogens with one attached hydrogen (secondary N) is 1. The molecule has 1 aliphatic rings. The van der Waals surface area contributed by atoms with Crippen LogP contribution in [-0.4, -0.2) is 13.2 Å². The first kappa shape index (κ1) is 20.6. The van der Waals surface area contributed by atoms with Crippen molar-refractivity contribution in [3.05, 3.63) is 63.9 Å². The Bertz CT molecular complexity index is 558. The summed E-state index contributed by atoms with van der Waals surface area (Å²) in [5, 5.41) is 5.17. The van der Waals surface area contributed by atoms with Crippen molar-refractivity contribution in [3.8, 4) is 0 Å². The van der Waals surface area contributed by atoms with Crippen LogP contribution < -0.4 is 5.32 Å². The van der Waals surface area contributed by atoms with Crippen LogP contribution in [0.15, 0.2) is 58.4 Å². The number of hydrogen-bond donors (Lipinski definition) is 1. The van der Waals surface area contributed by atoms with Gasteiger partial charge in [-0.3, -0.25) is 0 Å². The van der Waals surface area contributed by atoms with E-state index >= 15 is 0 Å². The molecule has 0 aliphatic heterocycles. The van der Waals surface area contributed by atoms with Crippen molar-refractivity contribution < 1.29 is 4.39 Å². The second kappa shape index (κ2) is 12.0. The lowest BCUT2D eigenvalue weighted by atomic mass is 9.89. The number of hydrogen-bond acceptors (Lipinski definition) is 2. The van der Waals surface area contributed by atoms with Gasteiger partial charge in [0.15, 0.2) is 0 Å². The van der Waals surface area contributed by atoms with Gasteiger partial charge in [-0.05, 0) is 43.4 Å². The van der Waals surface area contributed by atoms with Gasteiger partial charge >= 0.3 is 0 Å². The fourth-order valence-electron chi connectivity index (χ4n) is 2.39. The van der Waals surface area contributed by atoms with Gasteiger partial charge in [0, 0.05) is 23.1 Å². The maximum atomic E-state index is 12.1. The van der Waals surface area contributed by atoms with Gasteiger partial charge in [-0.2, -0.15) is 0 Å². The molecule has 0 saturated heterocycles. The fraction of sp³-hybridized carbons (Fsp3) is 0.429. The molecule has 1 aliphatic carbocycles. The predicted octanol–water partition coefficient (Wildman–Crippen LogP) is 7.07. The Morgan fingerprint density at radius 1 is 1.25 bits per heavy atom.